The average Bonchev–Trinajstić information content (AvgIpc) is 2.59. The number of aliphatic imine (C=N–C) groups is 1. The Morgan fingerprint density at radius 2 is 2.00 bits per heavy atom. The van der Waals surface area contributed by atoms with Gasteiger partial charge in [0.15, 0.2) is 0 Å². The molecule has 1 amide bonds. The number of benzene rings is 1. The number of rotatable bonds is 7. The minimum atomic E-state index is 0.528. The molecule has 0 aliphatic rings. The number of hydrazine groups is 2. The summed E-state index contributed by atoms with van der Waals surface area (Å²) < 4.78 is 6.10. The molecule has 1 aromatic rings. The molecule has 4 N–H and O–H groups in total. The number of aryl methyl sites for hydroxylation is 1. The summed E-state index contributed by atoms with van der Waals surface area (Å²) in [6.07, 6.45) is 2.58. The second kappa shape index (κ2) is 14.0. The summed E-state index contributed by atoms with van der Waals surface area (Å²) in [4.78, 5) is 13.8. The van der Waals surface area contributed by atoms with E-state index in [1.807, 2.05) is 25.4 Å². The van der Waals surface area contributed by atoms with Gasteiger partial charge in [-0.05, 0) is 30.4 Å². The van der Waals surface area contributed by atoms with Gasteiger partial charge in [0.1, 0.15) is 4.38 Å². The van der Waals surface area contributed by atoms with Crippen molar-refractivity contribution in [3.63, 3.8) is 0 Å². The average molecular weight is 388 g/mol. The van der Waals surface area contributed by atoms with E-state index in [0.717, 1.165) is 20.8 Å². The molecule has 0 radical (unpaired) electrons. The van der Waals surface area contributed by atoms with E-state index in [9.17, 15) is 4.79 Å². The molecule has 1 aromatic carbocycles. The van der Waals surface area contributed by atoms with Crippen LogP contribution < -0.4 is 16.7 Å². The number of nitrogens with two attached hydrogens (primary N) is 2. The van der Waals surface area contributed by atoms with Crippen molar-refractivity contribution < 1.29 is 9.53 Å². The zero-order valence-electron chi connectivity index (χ0n) is 15.6. The van der Waals surface area contributed by atoms with Crippen LogP contribution in [0.25, 0.3) is 0 Å². The fraction of sp³-hybridized carbons (Fsp3) is 0.500. The number of ether oxygens (including phenoxy) is 1. The van der Waals surface area contributed by atoms with Crippen LogP contribution in [0, 0.1) is 6.92 Å². The number of thioether (sulfide) groups is 2. The number of carbonyl (C=O) groups is 1. The third-order valence-corrected chi connectivity index (χ3v) is 5.12. The Labute approximate surface area is 159 Å². The highest BCUT2D eigenvalue weighted by atomic mass is 32.2. The van der Waals surface area contributed by atoms with E-state index < -0.39 is 0 Å². The Morgan fingerprint density at radius 1 is 1.36 bits per heavy atom. The smallest absolute Gasteiger partial charge is 0.223 e. The predicted octanol–water partition coefficient (Wildman–Crippen LogP) is 1.85. The molecule has 0 aliphatic carbocycles. The third-order valence-electron chi connectivity index (χ3n) is 2.98. The van der Waals surface area contributed by atoms with Crippen LogP contribution in [-0.2, 0) is 15.3 Å². The fourth-order valence-electron chi connectivity index (χ4n) is 1.74. The van der Waals surface area contributed by atoms with E-state index in [2.05, 4.69) is 18.0 Å². The Hall–Kier alpha value is -1.26. The van der Waals surface area contributed by atoms with E-state index in [1.54, 1.807) is 35.6 Å². The van der Waals surface area contributed by atoms with Crippen molar-refractivity contribution in [1.29, 1.82) is 0 Å². The third kappa shape index (κ3) is 10.4. The van der Waals surface area contributed by atoms with E-state index >= 15 is 0 Å². The Kier molecular flexibility index (Phi) is 13.3. The van der Waals surface area contributed by atoms with E-state index in [1.165, 1.54) is 18.2 Å². The maximum absolute atomic E-state index is 9.31. The number of hydrogen-bond acceptors (Lipinski definition) is 8. The maximum atomic E-state index is 9.31. The Bertz CT molecular complexity index is 539. The van der Waals surface area contributed by atoms with Crippen molar-refractivity contribution in [3.05, 3.63) is 29.3 Å². The van der Waals surface area contributed by atoms with Crippen molar-refractivity contribution in [1.82, 2.24) is 5.01 Å². The zero-order chi connectivity index (χ0) is 19.2. The first kappa shape index (κ1) is 23.7. The molecule has 0 fully saturated rings. The first-order chi connectivity index (χ1) is 11.9. The Balaban J connectivity index is 0.00000101. The van der Waals surface area contributed by atoms with Crippen LogP contribution >= 0.6 is 23.5 Å². The molecule has 25 heavy (non-hydrogen) atoms. The van der Waals surface area contributed by atoms with Crippen LogP contribution in [0.2, 0.25) is 0 Å². The summed E-state index contributed by atoms with van der Waals surface area (Å²) in [7, 11) is 5.02. The van der Waals surface area contributed by atoms with Crippen molar-refractivity contribution >= 4 is 40.0 Å². The molecule has 7 nitrogen and oxygen atoms in total. The number of amides is 1. The normalized spacial score (nSPS) is 10.8. The molecule has 142 valence electrons. The number of carbonyl (C=O) groups excluding carboxylic acids is 1. The lowest BCUT2D eigenvalue weighted by atomic mass is 10.1. The molecule has 0 unspecified atom stereocenters. The molecule has 0 aliphatic heterocycles. The van der Waals surface area contributed by atoms with Crippen LogP contribution in [0.1, 0.15) is 11.1 Å². The van der Waals surface area contributed by atoms with Gasteiger partial charge in [-0.3, -0.25) is 14.8 Å². The monoisotopic (exact) mass is 387 g/mol. The number of methoxy groups -OCH3 is 1. The number of hydrogen-bond donors (Lipinski definition) is 2. The standard InChI is InChI=1S/C14H23N3OS2.C2H6N2O/c1-11-6-5-7-13(17(2)15)12(11)10-20-14(19-4)16-8-9-18-3;1-4(3)2-5/h5-7H,8-10,15H2,1-4H3;2H,3H2,1H3. The summed E-state index contributed by atoms with van der Waals surface area (Å²) in [6, 6.07) is 6.19. The first-order valence-electron chi connectivity index (χ1n) is 7.57. The quantitative estimate of drug-likeness (QED) is 0.140. The lowest BCUT2D eigenvalue weighted by Crippen LogP contribution is -2.26. The SMILES string of the molecule is CN(N)C=O.COCCN=C(SC)SCc1c(C)cccc1N(C)N. The predicted molar refractivity (Wildman–Crippen MR) is 111 cm³/mol. The fourth-order valence-corrected chi connectivity index (χ4v) is 3.43. The largest absolute Gasteiger partial charge is 0.383 e. The molecule has 0 saturated heterocycles. The van der Waals surface area contributed by atoms with Gasteiger partial charge < -0.3 is 9.75 Å². The molecule has 0 saturated carbocycles. The Morgan fingerprint density at radius 3 is 2.48 bits per heavy atom. The van der Waals surface area contributed by atoms with Gasteiger partial charge in [0, 0.05) is 27.0 Å². The van der Waals surface area contributed by atoms with Crippen molar-refractivity contribution in [2.45, 2.75) is 12.7 Å². The molecule has 0 bridgehead atoms. The van der Waals surface area contributed by atoms with Crippen LogP contribution in [0.3, 0.4) is 0 Å². The molecular weight excluding hydrogens is 358 g/mol. The molecule has 1 rings (SSSR count). The van der Waals surface area contributed by atoms with Crippen LogP contribution in [0.4, 0.5) is 5.69 Å². The van der Waals surface area contributed by atoms with Gasteiger partial charge in [0.05, 0.1) is 18.8 Å². The van der Waals surface area contributed by atoms with E-state index in [4.69, 9.17) is 16.4 Å². The maximum Gasteiger partial charge on any atom is 0.223 e. The van der Waals surface area contributed by atoms with Crippen LogP contribution in [0.15, 0.2) is 23.2 Å². The van der Waals surface area contributed by atoms with E-state index in [0.29, 0.717) is 19.6 Å². The molecular formula is C16H29N5O2S2. The van der Waals surface area contributed by atoms with Gasteiger partial charge in [-0.2, -0.15) is 0 Å². The van der Waals surface area contributed by atoms with Crippen molar-refractivity contribution in [2.75, 3.05) is 45.6 Å². The molecule has 0 aromatic heterocycles. The molecule has 9 heteroatoms. The lowest BCUT2D eigenvalue weighted by Gasteiger charge is -2.18. The minimum Gasteiger partial charge on any atom is -0.383 e. The van der Waals surface area contributed by atoms with Gasteiger partial charge in [0.2, 0.25) is 6.41 Å². The highest BCUT2D eigenvalue weighted by Gasteiger charge is 2.09. The van der Waals surface area contributed by atoms with Gasteiger partial charge in [-0.15, -0.1) is 11.8 Å². The topological polar surface area (TPSA) is 97.2 Å². The lowest BCUT2D eigenvalue weighted by molar-refractivity contribution is -0.117. The van der Waals surface area contributed by atoms with Gasteiger partial charge in [-0.25, -0.2) is 11.7 Å². The second-order valence-corrected chi connectivity index (χ2v) is 7.11. The molecule has 0 atom stereocenters. The number of nitrogens with zero attached hydrogens (tertiary/aromatic N) is 3. The van der Waals surface area contributed by atoms with Crippen molar-refractivity contribution in [2.24, 2.45) is 16.7 Å². The van der Waals surface area contributed by atoms with Crippen LogP contribution in [0.5, 0.6) is 0 Å². The zero-order valence-corrected chi connectivity index (χ0v) is 17.2. The number of anilines is 1. The van der Waals surface area contributed by atoms with Crippen LogP contribution in [-0.4, -0.2) is 56.4 Å². The highest BCUT2D eigenvalue weighted by molar-refractivity contribution is 8.38. The van der Waals surface area contributed by atoms with Gasteiger partial charge >= 0.3 is 0 Å². The first-order valence-corrected chi connectivity index (χ1v) is 9.78. The molecule has 0 heterocycles. The summed E-state index contributed by atoms with van der Waals surface area (Å²) in [6.45, 7) is 3.48. The molecule has 0 spiro atoms. The summed E-state index contributed by atoms with van der Waals surface area (Å²) >= 11 is 3.42. The summed E-state index contributed by atoms with van der Waals surface area (Å²) in [5, 5.41) is 2.61. The van der Waals surface area contributed by atoms with Crippen molar-refractivity contribution in [3.8, 4) is 0 Å². The minimum absolute atomic E-state index is 0.528. The van der Waals surface area contributed by atoms with E-state index in [-0.39, 0.29) is 0 Å². The van der Waals surface area contributed by atoms with Gasteiger partial charge in [-0.1, -0.05) is 23.9 Å². The second-order valence-electron chi connectivity index (χ2n) is 5.09. The summed E-state index contributed by atoms with van der Waals surface area (Å²) in [5.74, 6) is 11.5. The van der Waals surface area contributed by atoms with Gasteiger partial charge in [0.25, 0.3) is 0 Å². The highest BCUT2D eigenvalue weighted by Crippen LogP contribution is 2.28. The summed E-state index contributed by atoms with van der Waals surface area (Å²) in [5.41, 5.74) is 3.58.